The van der Waals surface area contributed by atoms with E-state index >= 15 is 0 Å². The van der Waals surface area contributed by atoms with Crippen LogP contribution in [0, 0.1) is 0 Å². The van der Waals surface area contributed by atoms with Crippen LogP contribution >= 0.6 is 0 Å². The van der Waals surface area contributed by atoms with Gasteiger partial charge in [-0.25, -0.2) is 14.5 Å². The molecule has 7 nitrogen and oxygen atoms in total. The predicted molar refractivity (Wildman–Crippen MR) is 96.9 cm³/mol. The average molecular weight is 355 g/mol. The summed E-state index contributed by atoms with van der Waals surface area (Å²) < 4.78 is 7.73. The number of hydrogen-bond donors (Lipinski definition) is 2. The summed E-state index contributed by atoms with van der Waals surface area (Å²) >= 11 is 0. The lowest BCUT2D eigenvalue weighted by atomic mass is 9.89. The van der Waals surface area contributed by atoms with E-state index in [-0.39, 0.29) is 17.7 Å². The average Bonchev–Trinajstić information content (AvgIpc) is 3.33. The van der Waals surface area contributed by atoms with E-state index in [0.29, 0.717) is 6.54 Å². The summed E-state index contributed by atoms with van der Waals surface area (Å²) in [7, 11) is 0. The maximum atomic E-state index is 12.3. The van der Waals surface area contributed by atoms with Gasteiger partial charge in [-0.05, 0) is 49.4 Å². The van der Waals surface area contributed by atoms with Crippen molar-refractivity contribution in [2.45, 2.75) is 56.7 Å². The molecule has 4 rings (SSSR count). The summed E-state index contributed by atoms with van der Waals surface area (Å²) in [4.78, 5) is 16.6. The van der Waals surface area contributed by atoms with Gasteiger partial charge in [0.1, 0.15) is 0 Å². The fourth-order valence-corrected chi connectivity index (χ4v) is 4.04. The van der Waals surface area contributed by atoms with Gasteiger partial charge < -0.3 is 15.4 Å². The third kappa shape index (κ3) is 3.88. The Bertz CT molecular complexity index is 740. The number of nitrogens with zero attached hydrogens (tertiary/aromatic N) is 3. The second kappa shape index (κ2) is 7.45. The van der Waals surface area contributed by atoms with Crippen LogP contribution in [0.1, 0.15) is 44.1 Å². The summed E-state index contributed by atoms with van der Waals surface area (Å²) in [6.45, 7) is 1.19. The van der Waals surface area contributed by atoms with Gasteiger partial charge in [0.25, 0.3) is 0 Å². The van der Waals surface area contributed by atoms with Gasteiger partial charge in [-0.1, -0.05) is 12.8 Å². The molecule has 0 radical (unpaired) electrons. The van der Waals surface area contributed by atoms with E-state index in [1.165, 1.54) is 12.8 Å². The van der Waals surface area contributed by atoms with Gasteiger partial charge in [0.05, 0.1) is 5.60 Å². The van der Waals surface area contributed by atoms with Crippen LogP contribution < -0.4 is 10.6 Å². The fourth-order valence-electron chi connectivity index (χ4n) is 4.04. The van der Waals surface area contributed by atoms with Crippen molar-refractivity contribution in [3.8, 4) is 5.82 Å². The number of carbonyl (C=O) groups is 1. The van der Waals surface area contributed by atoms with Gasteiger partial charge in [-0.15, -0.1) is 0 Å². The molecule has 1 saturated carbocycles. The van der Waals surface area contributed by atoms with Crippen LogP contribution in [0.25, 0.3) is 5.82 Å². The first-order valence-corrected chi connectivity index (χ1v) is 9.36. The van der Waals surface area contributed by atoms with Crippen molar-refractivity contribution in [2.75, 3.05) is 6.61 Å². The number of pyridine rings is 1. The molecule has 1 atom stereocenters. The molecule has 0 bridgehead atoms. The van der Waals surface area contributed by atoms with Gasteiger partial charge in [0.15, 0.2) is 5.82 Å². The van der Waals surface area contributed by atoms with E-state index in [0.717, 1.165) is 43.7 Å². The Hall–Kier alpha value is -2.41. The zero-order chi connectivity index (χ0) is 17.8. The SMILES string of the molecule is O=C(NCc1ccnc(-n2cccn2)c1)N[C@H]1CCOC2(CCCC2)C1. The molecule has 0 unspecified atom stereocenters. The van der Waals surface area contributed by atoms with E-state index < -0.39 is 0 Å². The number of nitrogens with one attached hydrogen (secondary N) is 2. The van der Waals surface area contributed by atoms with Crippen molar-refractivity contribution >= 4 is 6.03 Å². The van der Waals surface area contributed by atoms with Gasteiger partial charge in [-0.3, -0.25) is 0 Å². The lowest BCUT2D eigenvalue weighted by Gasteiger charge is -2.38. The van der Waals surface area contributed by atoms with Crippen LogP contribution in [-0.4, -0.2) is 39.0 Å². The molecule has 2 amide bonds. The molecule has 2 N–H and O–H groups in total. The first-order valence-electron chi connectivity index (χ1n) is 9.36. The van der Waals surface area contributed by atoms with Crippen LogP contribution in [0.2, 0.25) is 0 Å². The van der Waals surface area contributed by atoms with Crippen molar-refractivity contribution in [1.29, 1.82) is 0 Å². The normalized spacial score (nSPS) is 21.6. The Labute approximate surface area is 153 Å². The second-order valence-corrected chi connectivity index (χ2v) is 7.23. The lowest BCUT2D eigenvalue weighted by molar-refractivity contribution is -0.0820. The fraction of sp³-hybridized carbons (Fsp3) is 0.526. The minimum atomic E-state index is -0.123. The molecule has 1 saturated heterocycles. The highest BCUT2D eigenvalue weighted by molar-refractivity contribution is 5.74. The number of hydrogen-bond acceptors (Lipinski definition) is 4. The van der Waals surface area contributed by atoms with Crippen LogP contribution in [0.5, 0.6) is 0 Å². The van der Waals surface area contributed by atoms with Crippen LogP contribution in [-0.2, 0) is 11.3 Å². The highest BCUT2D eigenvalue weighted by Crippen LogP contribution is 2.39. The molecule has 1 spiro atoms. The number of aromatic nitrogens is 3. The van der Waals surface area contributed by atoms with E-state index in [1.54, 1.807) is 17.1 Å². The van der Waals surface area contributed by atoms with Crippen LogP contribution in [0.4, 0.5) is 4.79 Å². The molecule has 2 fully saturated rings. The van der Waals surface area contributed by atoms with Crippen molar-refractivity contribution in [3.63, 3.8) is 0 Å². The number of carbonyl (C=O) groups excluding carboxylic acids is 1. The molecule has 138 valence electrons. The number of urea groups is 1. The van der Waals surface area contributed by atoms with Gasteiger partial charge in [-0.2, -0.15) is 5.10 Å². The predicted octanol–water partition coefficient (Wildman–Crippen LogP) is 2.56. The van der Waals surface area contributed by atoms with Crippen molar-refractivity contribution in [1.82, 2.24) is 25.4 Å². The Kier molecular flexibility index (Phi) is 4.88. The topological polar surface area (TPSA) is 81.1 Å². The molecule has 1 aliphatic carbocycles. The Morgan fingerprint density at radius 1 is 1.35 bits per heavy atom. The summed E-state index contributed by atoms with van der Waals surface area (Å²) in [6.07, 6.45) is 11.8. The molecule has 3 heterocycles. The quantitative estimate of drug-likeness (QED) is 0.883. The highest BCUT2D eigenvalue weighted by atomic mass is 16.5. The van der Waals surface area contributed by atoms with Gasteiger partial charge in [0, 0.05) is 37.8 Å². The monoisotopic (exact) mass is 355 g/mol. The summed E-state index contributed by atoms with van der Waals surface area (Å²) in [6, 6.07) is 5.75. The largest absolute Gasteiger partial charge is 0.375 e. The molecule has 2 aromatic rings. The highest BCUT2D eigenvalue weighted by Gasteiger charge is 2.40. The first-order chi connectivity index (χ1) is 12.7. The Balaban J connectivity index is 1.29. The van der Waals surface area contributed by atoms with Gasteiger partial charge >= 0.3 is 6.03 Å². The summed E-state index contributed by atoms with van der Waals surface area (Å²) in [5, 5.41) is 10.2. The van der Waals surface area contributed by atoms with Crippen molar-refractivity contribution in [3.05, 3.63) is 42.4 Å². The summed E-state index contributed by atoms with van der Waals surface area (Å²) in [5.41, 5.74) is 1.000. The Morgan fingerprint density at radius 2 is 2.23 bits per heavy atom. The molecule has 1 aliphatic heterocycles. The number of rotatable bonds is 4. The lowest BCUT2D eigenvalue weighted by Crippen LogP contribution is -2.49. The smallest absolute Gasteiger partial charge is 0.315 e. The molecular weight excluding hydrogens is 330 g/mol. The molecule has 2 aromatic heterocycles. The summed E-state index contributed by atoms with van der Waals surface area (Å²) in [5.74, 6) is 0.738. The third-order valence-electron chi connectivity index (χ3n) is 5.35. The first kappa shape index (κ1) is 17.0. The molecule has 7 heteroatoms. The second-order valence-electron chi connectivity index (χ2n) is 7.23. The van der Waals surface area contributed by atoms with Gasteiger partial charge in [0.2, 0.25) is 0 Å². The molecule has 0 aromatic carbocycles. The standard InChI is InChI=1S/C19H25N5O2/c25-18(23-16-5-11-26-19(13-16)6-1-2-7-19)21-14-15-4-9-20-17(12-15)24-10-3-8-22-24/h3-4,8-10,12,16H,1-2,5-7,11,13-14H2,(H2,21,23,25)/t16-/m0/s1. The minimum Gasteiger partial charge on any atom is -0.375 e. The Morgan fingerprint density at radius 3 is 3.04 bits per heavy atom. The maximum absolute atomic E-state index is 12.3. The molecule has 26 heavy (non-hydrogen) atoms. The van der Waals surface area contributed by atoms with E-state index in [1.807, 2.05) is 24.4 Å². The molecular formula is C19H25N5O2. The number of amides is 2. The van der Waals surface area contributed by atoms with E-state index in [2.05, 4.69) is 20.7 Å². The zero-order valence-electron chi connectivity index (χ0n) is 14.9. The van der Waals surface area contributed by atoms with Crippen molar-refractivity contribution < 1.29 is 9.53 Å². The van der Waals surface area contributed by atoms with Crippen molar-refractivity contribution in [2.24, 2.45) is 0 Å². The van der Waals surface area contributed by atoms with Crippen LogP contribution in [0.15, 0.2) is 36.8 Å². The third-order valence-corrected chi connectivity index (χ3v) is 5.35. The van der Waals surface area contributed by atoms with E-state index in [4.69, 9.17) is 4.74 Å². The zero-order valence-corrected chi connectivity index (χ0v) is 14.9. The number of ether oxygens (including phenoxy) is 1. The molecule has 2 aliphatic rings. The maximum Gasteiger partial charge on any atom is 0.315 e. The minimum absolute atomic E-state index is 0.0139. The van der Waals surface area contributed by atoms with E-state index in [9.17, 15) is 4.79 Å². The van der Waals surface area contributed by atoms with Crippen LogP contribution in [0.3, 0.4) is 0 Å².